The topological polar surface area (TPSA) is 55.4 Å². The molecule has 1 amide bonds. The van der Waals surface area contributed by atoms with E-state index in [1.807, 2.05) is 6.92 Å². The molecule has 0 aliphatic heterocycles. The Morgan fingerprint density at radius 3 is 2.44 bits per heavy atom. The van der Waals surface area contributed by atoms with Crippen molar-refractivity contribution in [2.45, 2.75) is 71.8 Å². The summed E-state index contributed by atoms with van der Waals surface area (Å²) >= 11 is 0. The molecule has 18 heavy (non-hydrogen) atoms. The lowest BCUT2D eigenvalue weighted by Crippen LogP contribution is -2.21. The zero-order valence-electron chi connectivity index (χ0n) is 12.0. The van der Waals surface area contributed by atoms with Crippen LogP contribution in [-0.4, -0.2) is 24.5 Å². The van der Waals surface area contributed by atoms with E-state index in [-0.39, 0.29) is 18.0 Å². The zero-order chi connectivity index (χ0) is 13.8. The van der Waals surface area contributed by atoms with E-state index in [9.17, 15) is 9.59 Å². The van der Waals surface area contributed by atoms with E-state index in [0.29, 0.717) is 13.0 Å². The minimum Gasteiger partial charge on any atom is -0.462 e. The Labute approximate surface area is 110 Å². The molecule has 0 bridgehead atoms. The number of carbonyl (C=O) groups is 2. The van der Waals surface area contributed by atoms with Crippen molar-refractivity contribution in [3.05, 3.63) is 0 Å². The quantitative estimate of drug-likeness (QED) is 0.483. The Morgan fingerprint density at radius 2 is 1.89 bits per heavy atom. The first-order valence-corrected chi connectivity index (χ1v) is 7.04. The Bertz CT molecular complexity index is 241. The Kier molecular flexibility index (Phi) is 10.4. The van der Waals surface area contributed by atoms with Gasteiger partial charge in [0.2, 0.25) is 5.91 Å². The minimum absolute atomic E-state index is 0.0248. The Hall–Kier alpha value is -1.06. The summed E-state index contributed by atoms with van der Waals surface area (Å²) in [4.78, 5) is 22.2. The van der Waals surface area contributed by atoms with Crippen LogP contribution in [0.15, 0.2) is 0 Å². The maximum atomic E-state index is 11.6. The average Bonchev–Trinajstić information content (AvgIpc) is 2.33. The van der Waals surface area contributed by atoms with Crippen LogP contribution in [0.3, 0.4) is 0 Å². The molecule has 1 atom stereocenters. The van der Waals surface area contributed by atoms with Crippen molar-refractivity contribution in [2.75, 3.05) is 6.54 Å². The van der Waals surface area contributed by atoms with Crippen molar-refractivity contribution < 1.29 is 14.3 Å². The zero-order valence-corrected chi connectivity index (χ0v) is 12.0. The third-order valence-electron chi connectivity index (χ3n) is 2.81. The number of esters is 1. The fourth-order valence-electron chi connectivity index (χ4n) is 1.68. The molecule has 0 heterocycles. The molecule has 0 aromatic carbocycles. The molecule has 0 aliphatic carbocycles. The maximum absolute atomic E-state index is 11.6. The Balaban J connectivity index is 3.59. The highest BCUT2D eigenvalue weighted by molar-refractivity contribution is 5.72. The van der Waals surface area contributed by atoms with Crippen molar-refractivity contribution in [2.24, 2.45) is 0 Å². The van der Waals surface area contributed by atoms with Gasteiger partial charge in [-0.25, -0.2) is 0 Å². The van der Waals surface area contributed by atoms with E-state index in [0.717, 1.165) is 38.5 Å². The summed E-state index contributed by atoms with van der Waals surface area (Å²) in [5.41, 5.74) is 0. The van der Waals surface area contributed by atoms with E-state index in [2.05, 4.69) is 12.2 Å². The molecule has 0 aromatic rings. The SMILES string of the molecule is CCCCC(CC)OC(=O)CCCCNC(C)=O. The molecule has 0 rings (SSSR count). The van der Waals surface area contributed by atoms with Crippen molar-refractivity contribution in [1.29, 1.82) is 0 Å². The van der Waals surface area contributed by atoms with Crippen LogP contribution in [-0.2, 0) is 14.3 Å². The first kappa shape index (κ1) is 16.9. The molecule has 106 valence electrons. The van der Waals surface area contributed by atoms with E-state index in [1.165, 1.54) is 6.92 Å². The lowest BCUT2D eigenvalue weighted by atomic mass is 10.1. The number of hydrogen-bond acceptors (Lipinski definition) is 3. The second kappa shape index (κ2) is 11.1. The van der Waals surface area contributed by atoms with Gasteiger partial charge in [-0.05, 0) is 25.7 Å². The monoisotopic (exact) mass is 257 g/mol. The molecule has 0 fully saturated rings. The summed E-state index contributed by atoms with van der Waals surface area (Å²) in [6.45, 7) is 6.31. The van der Waals surface area contributed by atoms with Crippen LogP contribution in [0, 0.1) is 0 Å². The fraction of sp³-hybridized carbons (Fsp3) is 0.857. The molecule has 0 aromatic heterocycles. The fourth-order valence-corrected chi connectivity index (χ4v) is 1.68. The van der Waals surface area contributed by atoms with Gasteiger partial charge in [-0.3, -0.25) is 9.59 Å². The summed E-state index contributed by atoms with van der Waals surface area (Å²) in [5, 5.41) is 2.71. The van der Waals surface area contributed by atoms with Crippen LogP contribution in [0.5, 0.6) is 0 Å². The molecule has 0 spiro atoms. The highest BCUT2D eigenvalue weighted by atomic mass is 16.5. The first-order chi connectivity index (χ1) is 8.60. The predicted molar refractivity (Wildman–Crippen MR) is 72.2 cm³/mol. The average molecular weight is 257 g/mol. The van der Waals surface area contributed by atoms with Gasteiger partial charge in [-0.15, -0.1) is 0 Å². The minimum atomic E-state index is -0.110. The van der Waals surface area contributed by atoms with Crippen LogP contribution < -0.4 is 5.32 Å². The van der Waals surface area contributed by atoms with Gasteiger partial charge in [0, 0.05) is 19.9 Å². The van der Waals surface area contributed by atoms with Crippen molar-refractivity contribution in [3.63, 3.8) is 0 Å². The van der Waals surface area contributed by atoms with Gasteiger partial charge in [0.1, 0.15) is 6.10 Å². The second-order valence-corrected chi connectivity index (χ2v) is 4.60. The van der Waals surface area contributed by atoms with Crippen molar-refractivity contribution in [1.82, 2.24) is 5.32 Å². The molecule has 0 aliphatic rings. The number of ether oxygens (including phenoxy) is 1. The van der Waals surface area contributed by atoms with E-state index < -0.39 is 0 Å². The van der Waals surface area contributed by atoms with Gasteiger partial charge in [0.05, 0.1) is 0 Å². The van der Waals surface area contributed by atoms with Crippen LogP contribution >= 0.6 is 0 Å². The molecule has 1 unspecified atom stereocenters. The van der Waals surface area contributed by atoms with Gasteiger partial charge >= 0.3 is 5.97 Å². The molecule has 1 N–H and O–H groups in total. The molecule has 0 saturated heterocycles. The maximum Gasteiger partial charge on any atom is 0.306 e. The van der Waals surface area contributed by atoms with Crippen LogP contribution in [0.25, 0.3) is 0 Å². The highest BCUT2D eigenvalue weighted by Crippen LogP contribution is 2.10. The normalized spacial score (nSPS) is 11.9. The lowest BCUT2D eigenvalue weighted by Gasteiger charge is -2.15. The molecular formula is C14H27NO3. The number of rotatable bonds is 10. The van der Waals surface area contributed by atoms with Crippen LogP contribution in [0.4, 0.5) is 0 Å². The van der Waals surface area contributed by atoms with E-state index in [1.54, 1.807) is 0 Å². The molecule has 4 heteroatoms. The largest absolute Gasteiger partial charge is 0.462 e. The summed E-state index contributed by atoms with van der Waals surface area (Å²) in [6.07, 6.45) is 6.20. The highest BCUT2D eigenvalue weighted by Gasteiger charge is 2.11. The van der Waals surface area contributed by atoms with E-state index in [4.69, 9.17) is 4.74 Å². The third kappa shape index (κ3) is 10.1. The summed E-state index contributed by atoms with van der Waals surface area (Å²) in [6, 6.07) is 0. The molecular weight excluding hydrogens is 230 g/mol. The molecule has 4 nitrogen and oxygen atoms in total. The van der Waals surface area contributed by atoms with Gasteiger partial charge in [0.15, 0.2) is 0 Å². The lowest BCUT2D eigenvalue weighted by molar-refractivity contribution is -0.149. The molecule has 0 radical (unpaired) electrons. The summed E-state index contributed by atoms with van der Waals surface area (Å²) in [7, 11) is 0. The van der Waals surface area contributed by atoms with Gasteiger partial charge in [-0.1, -0.05) is 26.7 Å². The van der Waals surface area contributed by atoms with Crippen LogP contribution in [0.2, 0.25) is 0 Å². The Morgan fingerprint density at radius 1 is 1.17 bits per heavy atom. The van der Waals surface area contributed by atoms with Crippen LogP contribution in [0.1, 0.15) is 65.7 Å². The number of hydrogen-bond donors (Lipinski definition) is 1. The second-order valence-electron chi connectivity index (χ2n) is 4.60. The molecule has 0 saturated carbocycles. The smallest absolute Gasteiger partial charge is 0.306 e. The van der Waals surface area contributed by atoms with Gasteiger partial charge < -0.3 is 10.1 Å². The van der Waals surface area contributed by atoms with E-state index >= 15 is 0 Å². The number of amides is 1. The standard InChI is InChI=1S/C14H27NO3/c1-4-6-9-13(5-2)18-14(17)10-7-8-11-15-12(3)16/h13H,4-11H2,1-3H3,(H,15,16). The van der Waals surface area contributed by atoms with Gasteiger partial charge in [0.25, 0.3) is 0 Å². The number of nitrogens with one attached hydrogen (secondary N) is 1. The van der Waals surface area contributed by atoms with Crippen molar-refractivity contribution in [3.8, 4) is 0 Å². The first-order valence-electron chi connectivity index (χ1n) is 7.04. The predicted octanol–water partition coefficient (Wildman–Crippen LogP) is 2.80. The van der Waals surface area contributed by atoms with Crippen molar-refractivity contribution >= 4 is 11.9 Å². The van der Waals surface area contributed by atoms with Gasteiger partial charge in [-0.2, -0.15) is 0 Å². The summed E-state index contributed by atoms with van der Waals surface area (Å²) < 4.78 is 5.40. The summed E-state index contributed by atoms with van der Waals surface area (Å²) in [5.74, 6) is -0.135. The number of carbonyl (C=O) groups excluding carboxylic acids is 2. The number of unbranched alkanes of at least 4 members (excludes halogenated alkanes) is 2. The third-order valence-corrected chi connectivity index (χ3v) is 2.81.